The minimum atomic E-state index is -0.394. The Labute approximate surface area is 130 Å². The molecule has 0 spiro atoms. The van der Waals surface area contributed by atoms with Gasteiger partial charge in [-0.05, 0) is 31.4 Å². The van der Waals surface area contributed by atoms with E-state index in [4.69, 9.17) is 4.74 Å². The van der Waals surface area contributed by atoms with Crippen LogP contribution in [-0.4, -0.2) is 47.4 Å². The van der Waals surface area contributed by atoms with Gasteiger partial charge in [0.05, 0.1) is 12.1 Å². The second kappa shape index (κ2) is 6.67. The van der Waals surface area contributed by atoms with Crippen LogP contribution in [0, 0.1) is 5.82 Å². The number of hydrogen-bond donors (Lipinski definition) is 1. The maximum atomic E-state index is 13.5. The average molecular weight is 306 g/mol. The number of nitrogens with zero attached hydrogens (tertiary/aromatic N) is 2. The van der Waals surface area contributed by atoms with Gasteiger partial charge in [-0.1, -0.05) is 0 Å². The Morgan fingerprint density at radius 3 is 2.95 bits per heavy atom. The number of phenols is 1. The highest BCUT2D eigenvalue weighted by atomic mass is 19.1. The fourth-order valence-electron chi connectivity index (χ4n) is 3.21. The molecule has 1 fully saturated rings. The van der Waals surface area contributed by atoms with E-state index < -0.39 is 5.82 Å². The van der Waals surface area contributed by atoms with Gasteiger partial charge in [0.1, 0.15) is 11.6 Å². The second-order valence-electron chi connectivity index (χ2n) is 5.82. The molecule has 3 rings (SSSR count). The molecule has 0 amide bonds. The lowest BCUT2D eigenvalue weighted by Crippen LogP contribution is -2.28. The lowest BCUT2D eigenvalue weighted by Gasteiger charge is -2.18. The van der Waals surface area contributed by atoms with Crippen molar-refractivity contribution in [2.45, 2.75) is 26.3 Å². The summed E-state index contributed by atoms with van der Waals surface area (Å²) in [4.78, 5) is 2.39. The molecule has 0 bridgehead atoms. The molecule has 5 heteroatoms. The Kier molecular flexibility index (Phi) is 4.64. The van der Waals surface area contributed by atoms with Crippen LogP contribution in [-0.2, 0) is 17.7 Å². The van der Waals surface area contributed by atoms with Crippen LogP contribution in [0.5, 0.6) is 5.75 Å². The van der Waals surface area contributed by atoms with Crippen molar-refractivity contribution < 1.29 is 14.2 Å². The van der Waals surface area contributed by atoms with E-state index in [1.807, 2.05) is 17.7 Å². The highest BCUT2D eigenvalue weighted by molar-refractivity contribution is 5.89. The van der Waals surface area contributed by atoms with E-state index in [0.29, 0.717) is 0 Å². The number of aromatic nitrogens is 1. The number of phenolic OH excluding ortho intramolecular Hbond substituents is 1. The van der Waals surface area contributed by atoms with Gasteiger partial charge in [-0.2, -0.15) is 0 Å². The number of aromatic hydroxyl groups is 1. The molecule has 1 saturated heterocycles. The molecule has 0 atom stereocenters. The zero-order chi connectivity index (χ0) is 15.5. The molecular formula is C17H23FN2O2. The molecule has 1 aliphatic heterocycles. The van der Waals surface area contributed by atoms with Gasteiger partial charge in [-0.3, -0.25) is 0 Å². The first-order valence-electron chi connectivity index (χ1n) is 7.99. The highest BCUT2D eigenvalue weighted by Crippen LogP contribution is 2.31. The molecule has 2 heterocycles. The zero-order valence-corrected chi connectivity index (χ0v) is 13.0. The number of hydrogen-bond acceptors (Lipinski definition) is 3. The largest absolute Gasteiger partial charge is 0.507 e. The van der Waals surface area contributed by atoms with Crippen molar-refractivity contribution >= 4 is 10.9 Å². The summed E-state index contributed by atoms with van der Waals surface area (Å²) >= 11 is 0. The molecule has 0 radical (unpaired) electrons. The first-order valence-corrected chi connectivity index (χ1v) is 7.99. The first kappa shape index (κ1) is 15.3. The summed E-state index contributed by atoms with van der Waals surface area (Å²) in [6.45, 7) is 7.34. The molecule has 1 N–H and O–H groups in total. The third-order valence-electron chi connectivity index (χ3n) is 4.36. The highest BCUT2D eigenvalue weighted by Gasteiger charge is 2.15. The van der Waals surface area contributed by atoms with Gasteiger partial charge in [0.25, 0.3) is 0 Å². The molecule has 1 aromatic carbocycles. The van der Waals surface area contributed by atoms with Crippen LogP contribution in [0.25, 0.3) is 10.9 Å². The van der Waals surface area contributed by atoms with Crippen LogP contribution in [0.2, 0.25) is 0 Å². The Morgan fingerprint density at radius 2 is 2.14 bits per heavy atom. The lowest BCUT2D eigenvalue weighted by atomic mass is 10.1. The van der Waals surface area contributed by atoms with Gasteiger partial charge in [0, 0.05) is 50.4 Å². The molecule has 0 aliphatic carbocycles. The Morgan fingerprint density at radius 1 is 1.27 bits per heavy atom. The van der Waals surface area contributed by atoms with Crippen molar-refractivity contribution in [2.75, 3.05) is 32.8 Å². The van der Waals surface area contributed by atoms with Crippen LogP contribution < -0.4 is 0 Å². The van der Waals surface area contributed by atoms with Crippen molar-refractivity contribution in [3.63, 3.8) is 0 Å². The topological polar surface area (TPSA) is 37.6 Å². The number of ether oxygens (including phenoxy) is 1. The summed E-state index contributed by atoms with van der Waals surface area (Å²) in [7, 11) is 0. The molecular weight excluding hydrogens is 283 g/mol. The summed E-state index contributed by atoms with van der Waals surface area (Å²) < 4.78 is 21.0. The van der Waals surface area contributed by atoms with E-state index in [9.17, 15) is 9.50 Å². The quantitative estimate of drug-likeness (QED) is 0.944. The normalized spacial score (nSPS) is 17.0. The fourth-order valence-corrected chi connectivity index (χ4v) is 3.21. The van der Waals surface area contributed by atoms with Crippen molar-refractivity contribution in [3.05, 3.63) is 29.7 Å². The molecule has 4 nitrogen and oxygen atoms in total. The molecule has 2 aromatic rings. The zero-order valence-electron chi connectivity index (χ0n) is 13.0. The van der Waals surface area contributed by atoms with E-state index in [-0.39, 0.29) is 5.75 Å². The Hall–Kier alpha value is -1.59. The van der Waals surface area contributed by atoms with E-state index in [1.165, 1.54) is 12.1 Å². The molecule has 1 aliphatic rings. The Bertz CT molecular complexity index is 646. The minimum Gasteiger partial charge on any atom is -0.507 e. The van der Waals surface area contributed by atoms with Gasteiger partial charge < -0.3 is 19.3 Å². The van der Waals surface area contributed by atoms with Crippen LogP contribution in [0.15, 0.2) is 18.3 Å². The molecule has 22 heavy (non-hydrogen) atoms. The standard InChI is InChI=1S/C17H23FN2O2/c1-2-20-12-13(4-6-19-5-3-8-22-9-7-19)17-15(20)10-14(18)11-16(17)21/h10-12,21H,2-9H2,1H3. The van der Waals surface area contributed by atoms with E-state index >= 15 is 0 Å². The molecule has 120 valence electrons. The van der Waals surface area contributed by atoms with E-state index in [1.54, 1.807) is 0 Å². The summed E-state index contributed by atoms with van der Waals surface area (Å²) in [5.41, 5.74) is 1.86. The summed E-state index contributed by atoms with van der Waals surface area (Å²) in [5, 5.41) is 10.9. The summed E-state index contributed by atoms with van der Waals surface area (Å²) in [5.74, 6) is -0.356. The van der Waals surface area contributed by atoms with Gasteiger partial charge in [0.15, 0.2) is 0 Å². The van der Waals surface area contributed by atoms with E-state index in [0.717, 1.165) is 68.7 Å². The van der Waals surface area contributed by atoms with Crippen molar-refractivity contribution in [1.29, 1.82) is 0 Å². The van der Waals surface area contributed by atoms with Gasteiger partial charge >= 0.3 is 0 Å². The number of aryl methyl sites for hydroxylation is 1. The molecule has 1 aromatic heterocycles. The first-order chi connectivity index (χ1) is 10.7. The van der Waals surface area contributed by atoms with Crippen molar-refractivity contribution in [1.82, 2.24) is 9.47 Å². The van der Waals surface area contributed by atoms with Crippen molar-refractivity contribution in [3.8, 4) is 5.75 Å². The maximum absolute atomic E-state index is 13.5. The molecule has 0 saturated carbocycles. The number of halogens is 1. The third kappa shape index (κ3) is 3.10. The predicted molar refractivity (Wildman–Crippen MR) is 84.8 cm³/mol. The monoisotopic (exact) mass is 306 g/mol. The predicted octanol–water partition coefficient (Wildman–Crippen LogP) is 2.77. The average Bonchev–Trinajstić information content (AvgIpc) is 2.67. The van der Waals surface area contributed by atoms with Gasteiger partial charge in [-0.25, -0.2) is 4.39 Å². The fraction of sp³-hybridized carbons (Fsp3) is 0.529. The van der Waals surface area contributed by atoms with Crippen LogP contribution in [0.3, 0.4) is 0 Å². The summed E-state index contributed by atoms with van der Waals surface area (Å²) in [6.07, 6.45) is 3.95. The Balaban J connectivity index is 1.84. The van der Waals surface area contributed by atoms with Gasteiger partial charge in [0.2, 0.25) is 0 Å². The van der Waals surface area contributed by atoms with Crippen LogP contribution >= 0.6 is 0 Å². The maximum Gasteiger partial charge on any atom is 0.129 e. The lowest BCUT2D eigenvalue weighted by molar-refractivity contribution is 0.141. The number of fused-ring (bicyclic) bond motifs is 1. The third-order valence-corrected chi connectivity index (χ3v) is 4.36. The second-order valence-corrected chi connectivity index (χ2v) is 5.82. The van der Waals surface area contributed by atoms with Crippen LogP contribution in [0.4, 0.5) is 4.39 Å². The van der Waals surface area contributed by atoms with Gasteiger partial charge in [-0.15, -0.1) is 0 Å². The minimum absolute atomic E-state index is 0.0383. The SMILES string of the molecule is CCn1cc(CCN2CCCOCC2)c2c(O)cc(F)cc21. The van der Waals surface area contributed by atoms with Crippen molar-refractivity contribution in [2.24, 2.45) is 0 Å². The number of rotatable bonds is 4. The summed E-state index contributed by atoms with van der Waals surface area (Å²) in [6, 6.07) is 2.70. The molecule has 0 unspecified atom stereocenters. The van der Waals surface area contributed by atoms with Crippen LogP contribution in [0.1, 0.15) is 18.9 Å². The number of benzene rings is 1. The smallest absolute Gasteiger partial charge is 0.129 e. The van der Waals surface area contributed by atoms with E-state index in [2.05, 4.69) is 4.90 Å².